The molecule has 1 heteroatoms. The Labute approximate surface area is 140 Å². The van der Waals surface area contributed by atoms with Gasteiger partial charge in [-0.25, -0.2) is 0 Å². The molecule has 23 heavy (non-hydrogen) atoms. The second-order valence-electron chi connectivity index (χ2n) is 7.01. The van der Waals surface area contributed by atoms with Gasteiger partial charge in [-0.3, -0.25) is 0 Å². The lowest BCUT2D eigenvalue weighted by Gasteiger charge is -2.21. The first-order valence-corrected chi connectivity index (χ1v) is 10.6. The molecule has 0 radical (unpaired) electrons. The van der Waals surface area contributed by atoms with E-state index in [1.54, 1.807) is 16.5 Å². The third-order valence-corrected chi connectivity index (χ3v) is 6.73. The Morgan fingerprint density at radius 2 is 1.65 bits per heavy atom. The Bertz CT molecular complexity index is 852. The molecule has 1 unspecified atom stereocenters. The number of allylic oxidation sites excluding steroid dienone is 2. The van der Waals surface area contributed by atoms with Crippen molar-refractivity contribution in [2.24, 2.45) is 0 Å². The molecule has 1 atom stereocenters. The number of fused-ring (bicyclic) bond motifs is 2. The molecule has 0 heterocycles. The van der Waals surface area contributed by atoms with Crippen molar-refractivity contribution in [3.8, 4) is 0 Å². The summed E-state index contributed by atoms with van der Waals surface area (Å²) in [6.45, 7) is 9.27. The fraction of sp³-hybridized carbons (Fsp3) is 0.273. The molecule has 0 amide bonds. The summed E-state index contributed by atoms with van der Waals surface area (Å²) in [6, 6.07) is 13.5. The van der Waals surface area contributed by atoms with Crippen LogP contribution in [0.1, 0.15) is 39.3 Å². The van der Waals surface area contributed by atoms with Crippen LogP contribution in [0.5, 0.6) is 0 Å². The van der Waals surface area contributed by atoms with Gasteiger partial charge in [0.15, 0.2) is 0 Å². The van der Waals surface area contributed by atoms with E-state index < -0.39 is 0 Å². The van der Waals surface area contributed by atoms with Gasteiger partial charge in [-0.2, -0.15) is 0 Å². The van der Waals surface area contributed by atoms with Crippen LogP contribution in [0.4, 0.5) is 0 Å². The van der Waals surface area contributed by atoms with Crippen molar-refractivity contribution in [2.75, 3.05) is 13.3 Å². The quantitative estimate of drug-likeness (QED) is 0.585. The van der Waals surface area contributed by atoms with Crippen molar-refractivity contribution in [2.45, 2.75) is 26.2 Å². The van der Waals surface area contributed by atoms with E-state index in [0.29, 0.717) is 5.92 Å². The minimum Gasteiger partial charge on any atom is -0.0851 e. The van der Waals surface area contributed by atoms with Crippen molar-refractivity contribution >= 4 is 20.1 Å². The summed E-state index contributed by atoms with van der Waals surface area (Å²) in [5.74, 6) is 0.499. The van der Waals surface area contributed by atoms with E-state index in [4.69, 9.17) is 0 Å². The number of aryl methyl sites for hydroxylation is 2. The Morgan fingerprint density at radius 1 is 0.913 bits per heavy atom. The zero-order valence-electron chi connectivity index (χ0n) is 14.4. The predicted molar refractivity (Wildman–Crippen MR) is 104 cm³/mol. The van der Waals surface area contributed by atoms with Crippen molar-refractivity contribution in [3.63, 3.8) is 0 Å². The van der Waals surface area contributed by atoms with E-state index >= 15 is 0 Å². The maximum atomic E-state index is 2.48. The van der Waals surface area contributed by atoms with E-state index in [2.05, 4.69) is 75.7 Å². The van der Waals surface area contributed by atoms with Gasteiger partial charge < -0.3 is 0 Å². The van der Waals surface area contributed by atoms with E-state index in [-0.39, 0.29) is 7.92 Å². The van der Waals surface area contributed by atoms with Gasteiger partial charge in [-0.1, -0.05) is 62.0 Å². The molecule has 2 aliphatic carbocycles. The first-order chi connectivity index (χ1) is 11.1. The van der Waals surface area contributed by atoms with Crippen LogP contribution in [0.15, 0.2) is 47.3 Å². The number of benzene rings is 2. The Morgan fingerprint density at radius 3 is 2.39 bits per heavy atom. The molecule has 0 aromatic heterocycles. The summed E-state index contributed by atoms with van der Waals surface area (Å²) in [5.41, 5.74) is 10.4. The lowest BCUT2D eigenvalue weighted by molar-refractivity contribution is 0.951. The Kier molecular flexibility index (Phi) is 3.54. The average Bonchev–Trinajstić information content (AvgIpc) is 3.12. The van der Waals surface area contributed by atoms with E-state index in [0.717, 1.165) is 6.42 Å². The van der Waals surface area contributed by atoms with Gasteiger partial charge in [0, 0.05) is 5.92 Å². The molecule has 0 bridgehead atoms. The van der Waals surface area contributed by atoms with Gasteiger partial charge in [0.2, 0.25) is 0 Å². The lowest BCUT2D eigenvalue weighted by Crippen LogP contribution is -2.03. The topological polar surface area (TPSA) is 0 Å². The van der Waals surface area contributed by atoms with Crippen molar-refractivity contribution in [1.82, 2.24) is 0 Å². The Balaban J connectivity index is 1.82. The summed E-state index contributed by atoms with van der Waals surface area (Å²) in [4.78, 5) is 0. The van der Waals surface area contributed by atoms with Crippen molar-refractivity contribution in [3.05, 3.63) is 80.7 Å². The van der Waals surface area contributed by atoms with Gasteiger partial charge in [-0.05, 0) is 72.3 Å². The van der Waals surface area contributed by atoms with Crippen LogP contribution in [0.2, 0.25) is 0 Å². The molecule has 0 aliphatic heterocycles. The van der Waals surface area contributed by atoms with Crippen LogP contribution < -0.4 is 0 Å². The maximum Gasteiger partial charge on any atom is 0.0315 e. The van der Waals surface area contributed by atoms with Crippen LogP contribution in [-0.2, 0) is 6.42 Å². The highest BCUT2D eigenvalue weighted by molar-refractivity contribution is 7.60. The molecule has 2 aromatic rings. The molecule has 0 saturated heterocycles. The zero-order chi connectivity index (χ0) is 16.1. The summed E-state index contributed by atoms with van der Waals surface area (Å²) in [5, 5.41) is 1.63. The van der Waals surface area contributed by atoms with Crippen LogP contribution >= 0.6 is 7.92 Å². The van der Waals surface area contributed by atoms with E-state index in [1.807, 2.05) is 0 Å². The standard InChI is InChI=1S/C22H23P/c1-14-9-10-15(2)20-12-17(11-19(14)20)22-18-8-6-5-7-16(18)13-21(22)23(3)4/h5-11,13,22H,12H2,1-4H3. The summed E-state index contributed by atoms with van der Waals surface area (Å²) < 4.78 is 0. The normalized spacial score (nSPS) is 18.7. The van der Waals surface area contributed by atoms with Crippen molar-refractivity contribution in [1.29, 1.82) is 0 Å². The monoisotopic (exact) mass is 318 g/mol. The van der Waals surface area contributed by atoms with Gasteiger partial charge in [0.1, 0.15) is 0 Å². The van der Waals surface area contributed by atoms with E-state index in [9.17, 15) is 0 Å². The summed E-state index contributed by atoms with van der Waals surface area (Å²) >= 11 is 0. The molecular formula is C22H23P. The molecule has 0 fully saturated rings. The first kappa shape index (κ1) is 14.9. The van der Waals surface area contributed by atoms with Crippen LogP contribution in [0.3, 0.4) is 0 Å². The maximum absolute atomic E-state index is 2.48. The van der Waals surface area contributed by atoms with Gasteiger partial charge >= 0.3 is 0 Å². The molecule has 2 aromatic carbocycles. The fourth-order valence-electron chi connectivity index (χ4n) is 4.04. The van der Waals surface area contributed by atoms with Gasteiger partial charge in [0.05, 0.1) is 0 Å². The highest BCUT2D eigenvalue weighted by atomic mass is 31.1. The van der Waals surface area contributed by atoms with Gasteiger partial charge in [-0.15, -0.1) is 0 Å². The van der Waals surface area contributed by atoms with Gasteiger partial charge in [0.25, 0.3) is 0 Å². The first-order valence-electron chi connectivity index (χ1n) is 8.33. The SMILES string of the molecule is Cc1ccc(C)c2c1C=C(C1C(P(C)C)=Cc3ccccc31)C2. The molecule has 0 N–H and O–H groups in total. The third kappa shape index (κ3) is 2.32. The van der Waals surface area contributed by atoms with Crippen LogP contribution in [-0.4, -0.2) is 13.3 Å². The number of rotatable bonds is 2. The van der Waals surface area contributed by atoms with E-state index in [1.165, 1.54) is 27.8 Å². The molecule has 0 nitrogen and oxygen atoms in total. The highest BCUT2D eigenvalue weighted by Gasteiger charge is 2.32. The summed E-state index contributed by atoms with van der Waals surface area (Å²) in [6.07, 6.45) is 6.05. The molecular weight excluding hydrogens is 295 g/mol. The zero-order valence-corrected chi connectivity index (χ0v) is 15.2. The Hall–Kier alpha value is -1.65. The third-order valence-electron chi connectivity index (χ3n) is 5.31. The molecule has 116 valence electrons. The molecule has 4 rings (SSSR count). The smallest absolute Gasteiger partial charge is 0.0315 e. The largest absolute Gasteiger partial charge is 0.0851 e. The number of hydrogen-bond donors (Lipinski definition) is 0. The fourth-order valence-corrected chi connectivity index (χ4v) is 5.26. The lowest BCUT2D eigenvalue weighted by atomic mass is 9.91. The second kappa shape index (κ2) is 5.46. The molecule has 0 spiro atoms. The number of hydrogen-bond acceptors (Lipinski definition) is 0. The minimum atomic E-state index is -0.0744. The molecule has 0 saturated carbocycles. The van der Waals surface area contributed by atoms with Crippen LogP contribution in [0.25, 0.3) is 12.2 Å². The highest BCUT2D eigenvalue weighted by Crippen LogP contribution is 2.56. The second-order valence-corrected chi connectivity index (χ2v) is 9.32. The molecule has 2 aliphatic rings. The minimum absolute atomic E-state index is 0.0744. The predicted octanol–water partition coefficient (Wildman–Crippen LogP) is 6.12. The average molecular weight is 318 g/mol. The van der Waals surface area contributed by atoms with Crippen LogP contribution in [0, 0.1) is 13.8 Å². The van der Waals surface area contributed by atoms with Crippen molar-refractivity contribution < 1.29 is 0 Å². The summed E-state index contributed by atoms with van der Waals surface area (Å²) in [7, 11) is -0.0744.